The number of non-ortho nitro benzene ring substituents is 1. The molecule has 1 N–H and O–H groups in total. The minimum atomic E-state index is -0.360. The Morgan fingerprint density at radius 3 is 2.75 bits per heavy atom. The minimum Gasteiger partial charge on any atom is -0.382 e. The van der Waals surface area contributed by atoms with Gasteiger partial charge in [-0.15, -0.1) is 0 Å². The standard InChI is InChI=1S/C17H23N5O2/c1-13(21-10-8-20(2)9-11-21)12-19-15-5-6-16(22(23)24)14-4-3-7-18-17(14)15/h3-7,13,19H,8-12H2,1-2H3. The second-order valence-electron chi connectivity index (χ2n) is 6.36. The van der Waals surface area contributed by atoms with Gasteiger partial charge in [0.2, 0.25) is 0 Å². The highest BCUT2D eigenvalue weighted by Crippen LogP contribution is 2.29. The molecule has 1 aliphatic rings. The van der Waals surface area contributed by atoms with E-state index in [4.69, 9.17) is 0 Å². The van der Waals surface area contributed by atoms with Crippen LogP contribution in [0.5, 0.6) is 0 Å². The molecule has 1 fully saturated rings. The third-order valence-corrected chi connectivity index (χ3v) is 4.69. The van der Waals surface area contributed by atoms with Crippen molar-refractivity contribution in [1.82, 2.24) is 14.8 Å². The highest BCUT2D eigenvalue weighted by molar-refractivity contribution is 5.96. The van der Waals surface area contributed by atoms with Crippen molar-refractivity contribution in [3.8, 4) is 0 Å². The maximum atomic E-state index is 11.2. The number of nitrogens with one attached hydrogen (secondary N) is 1. The number of aromatic nitrogens is 1. The number of rotatable bonds is 5. The molecule has 2 aromatic rings. The van der Waals surface area contributed by atoms with Crippen LogP contribution in [0.15, 0.2) is 30.5 Å². The number of nitrogens with zero attached hydrogens (tertiary/aromatic N) is 4. The van der Waals surface area contributed by atoms with Gasteiger partial charge in [0.25, 0.3) is 5.69 Å². The van der Waals surface area contributed by atoms with Crippen LogP contribution < -0.4 is 5.32 Å². The Bertz CT molecular complexity index is 728. The molecule has 1 atom stereocenters. The Kier molecular flexibility index (Phi) is 4.92. The van der Waals surface area contributed by atoms with Gasteiger partial charge in [-0.3, -0.25) is 20.0 Å². The number of hydrogen-bond donors (Lipinski definition) is 1. The van der Waals surface area contributed by atoms with E-state index in [0.29, 0.717) is 16.9 Å². The van der Waals surface area contributed by atoms with E-state index in [1.54, 1.807) is 30.5 Å². The number of fused-ring (bicyclic) bond motifs is 1. The Labute approximate surface area is 141 Å². The summed E-state index contributed by atoms with van der Waals surface area (Å²) in [5.41, 5.74) is 1.59. The average molecular weight is 329 g/mol. The molecule has 1 saturated heterocycles. The third-order valence-electron chi connectivity index (χ3n) is 4.69. The van der Waals surface area contributed by atoms with Crippen LogP contribution in [-0.2, 0) is 0 Å². The first kappa shape index (κ1) is 16.6. The van der Waals surface area contributed by atoms with Crippen molar-refractivity contribution in [3.63, 3.8) is 0 Å². The number of piperazine rings is 1. The summed E-state index contributed by atoms with van der Waals surface area (Å²) in [5.74, 6) is 0. The molecule has 0 spiro atoms. The molecule has 7 nitrogen and oxygen atoms in total. The molecule has 0 radical (unpaired) electrons. The molecule has 2 heterocycles. The molecule has 0 aliphatic carbocycles. The van der Waals surface area contributed by atoms with Crippen LogP contribution in [0.1, 0.15) is 6.92 Å². The highest BCUT2D eigenvalue weighted by atomic mass is 16.6. The van der Waals surface area contributed by atoms with E-state index < -0.39 is 0 Å². The fourth-order valence-corrected chi connectivity index (χ4v) is 3.11. The van der Waals surface area contributed by atoms with Crippen molar-refractivity contribution in [2.75, 3.05) is 45.1 Å². The van der Waals surface area contributed by atoms with E-state index >= 15 is 0 Å². The van der Waals surface area contributed by atoms with E-state index in [1.165, 1.54) is 0 Å². The summed E-state index contributed by atoms with van der Waals surface area (Å²) in [7, 11) is 2.15. The SMILES string of the molecule is CC(CNc1ccc([N+](=O)[O-])c2cccnc12)N1CCN(C)CC1. The molecule has 1 aromatic carbocycles. The van der Waals surface area contributed by atoms with Crippen molar-refractivity contribution >= 4 is 22.3 Å². The lowest BCUT2D eigenvalue weighted by Gasteiger charge is -2.36. The molecule has 7 heteroatoms. The van der Waals surface area contributed by atoms with Crippen LogP contribution in [0.2, 0.25) is 0 Å². The van der Waals surface area contributed by atoms with E-state index in [1.807, 2.05) is 0 Å². The van der Waals surface area contributed by atoms with Crippen molar-refractivity contribution in [1.29, 1.82) is 0 Å². The van der Waals surface area contributed by atoms with E-state index in [9.17, 15) is 10.1 Å². The fourth-order valence-electron chi connectivity index (χ4n) is 3.11. The molecule has 0 saturated carbocycles. The lowest BCUT2D eigenvalue weighted by molar-refractivity contribution is -0.383. The number of hydrogen-bond acceptors (Lipinski definition) is 6. The quantitative estimate of drug-likeness (QED) is 0.669. The zero-order chi connectivity index (χ0) is 17.1. The van der Waals surface area contributed by atoms with Gasteiger partial charge < -0.3 is 10.2 Å². The molecular formula is C17H23N5O2. The van der Waals surface area contributed by atoms with E-state index in [0.717, 1.165) is 38.4 Å². The Hall–Kier alpha value is -2.25. The Balaban J connectivity index is 1.74. The summed E-state index contributed by atoms with van der Waals surface area (Å²) in [6, 6.07) is 7.17. The Morgan fingerprint density at radius 1 is 1.29 bits per heavy atom. The lowest BCUT2D eigenvalue weighted by Crippen LogP contribution is -2.49. The van der Waals surface area contributed by atoms with Crippen molar-refractivity contribution < 1.29 is 4.92 Å². The molecule has 0 amide bonds. The van der Waals surface area contributed by atoms with Gasteiger partial charge in [0.05, 0.1) is 16.0 Å². The van der Waals surface area contributed by atoms with Gasteiger partial charge in [-0.1, -0.05) is 0 Å². The monoisotopic (exact) mass is 329 g/mol. The predicted molar refractivity (Wildman–Crippen MR) is 95.4 cm³/mol. The number of likely N-dealkylation sites (N-methyl/N-ethyl adjacent to an activating group) is 1. The first-order valence-electron chi connectivity index (χ1n) is 8.25. The summed E-state index contributed by atoms with van der Waals surface area (Å²) in [6.45, 7) is 7.31. The number of pyridine rings is 1. The predicted octanol–water partition coefficient (Wildman–Crippen LogP) is 2.19. The van der Waals surface area contributed by atoms with Crippen LogP contribution >= 0.6 is 0 Å². The highest BCUT2D eigenvalue weighted by Gasteiger charge is 2.20. The Morgan fingerprint density at radius 2 is 2.04 bits per heavy atom. The molecule has 1 unspecified atom stereocenters. The van der Waals surface area contributed by atoms with Gasteiger partial charge in [-0.25, -0.2) is 0 Å². The fraction of sp³-hybridized carbons (Fsp3) is 0.471. The maximum Gasteiger partial charge on any atom is 0.278 e. The van der Waals surface area contributed by atoms with E-state index in [-0.39, 0.29) is 10.6 Å². The third kappa shape index (κ3) is 3.47. The second kappa shape index (κ2) is 7.11. The van der Waals surface area contributed by atoms with Gasteiger partial charge in [0.1, 0.15) is 5.52 Å². The normalized spacial score (nSPS) is 17.8. The summed E-state index contributed by atoms with van der Waals surface area (Å²) in [5, 5.41) is 15.2. The maximum absolute atomic E-state index is 11.2. The minimum absolute atomic E-state index is 0.0933. The summed E-state index contributed by atoms with van der Waals surface area (Å²) < 4.78 is 0. The topological polar surface area (TPSA) is 74.5 Å². The molecule has 24 heavy (non-hydrogen) atoms. The van der Waals surface area contributed by atoms with Gasteiger partial charge in [0, 0.05) is 51.0 Å². The summed E-state index contributed by atoms with van der Waals surface area (Å²) in [6.07, 6.45) is 1.67. The van der Waals surface area contributed by atoms with Crippen LogP contribution in [-0.4, -0.2) is 65.5 Å². The van der Waals surface area contributed by atoms with Gasteiger partial charge in [-0.2, -0.15) is 0 Å². The molecule has 128 valence electrons. The van der Waals surface area contributed by atoms with Crippen LogP contribution in [0.3, 0.4) is 0 Å². The first-order valence-corrected chi connectivity index (χ1v) is 8.25. The second-order valence-corrected chi connectivity index (χ2v) is 6.36. The van der Waals surface area contributed by atoms with Crippen molar-refractivity contribution in [2.24, 2.45) is 0 Å². The summed E-state index contributed by atoms with van der Waals surface area (Å²) in [4.78, 5) is 20.0. The molecule has 1 aromatic heterocycles. The van der Waals surface area contributed by atoms with Crippen molar-refractivity contribution in [3.05, 3.63) is 40.6 Å². The molecular weight excluding hydrogens is 306 g/mol. The van der Waals surface area contributed by atoms with Crippen LogP contribution in [0.25, 0.3) is 10.9 Å². The molecule has 0 bridgehead atoms. The zero-order valence-corrected chi connectivity index (χ0v) is 14.1. The molecule has 3 rings (SSSR count). The van der Waals surface area contributed by atoms with Gasteiger partial charge in [0.15, 0.2) is 0 Å². The number of benzene rings is 1. The van der Waals surface area contributed by atoms with Crippen molar-refractivity contribution in [2.45, 2.75) is 13.0 Å². The van der Waals surface area contributed by atoms with Gasteiger partial charge in [-0.05, 0) is 32.2 Å². The van der Waals surface area contributed by atoms with Gasteiger partial charge >= 0.3 is 0 Å². The number of nitro groups is 1. The molecule has 1 aliphatic heterocycles. The number of nitro benzene ring substituents is 1. The first-order chi connectivity index (χ1) is 11.6. The van der Waals surface area contributed by atoms with Crippen LogP contribution in [0, 0.1) is 10.1 Å². The van der Waals surface area contributed by atoms with Crippen LogP contribution in [0.4, 0.5) is 11.4 Å². The van der Waals surface area contributed by atoms with E-state index in [2.05, 4.69) is 34.1 Å². The largest absolute Gasteiger partial charge is 0.382 e. The average Bonchev–Trinajstić information content (AvgIpc) is 2.59. The zero-order valence-electron chi connectivity index (χ0n) is 14.1. The number of anilines is 1. The lowest BCUT2D eigenvalue weighted by atomic mass is 10.1. The summed E-state index contributed by atoms with van der Waals surface area (Å²) >= 11 is 0. The smallest absolute Gasteiger partial charge is 0.278 e.